The number of hydrogen-bond donors (Lipinski definition) is 2. The zero-order chi connectivity index (χ0) is 21.6. The summed E-state index contributed by atoms with van der Waals surface area (Å²) in [5.74, 6) is -1.55. The summed E-state index contributed by atoms with van der Waals surface area (Å²) < 4.78 is 0.479. The molecule has 2 N–H and O–H groups in total. The van der Waals surface area contributed by atoms with Crippen molar-refractivity contribution in [3.63, 3.8) is 0 Å². The van der Waals surface area contributed by atoms with Gasteiger partial charge in [-0.15, -0.1) is 0 Å². The first kappa shape index (κ1) is 23.7. The van der Waals surface area contributed by atoms with Crippen molar-refractivity contribution >= 4 is 75.4 Å². The zero-order valence-corrected chi connectivity index (χ0v) is 18.8. The van der Waals surface area contributed by atoms with E-state index in [4.69, 9.17) is 40.5 Å². The Hall–Kier alpha value is -1.61. The fourth-order valence-corrected chi connectivity index (χ4v) is 4.24. The molecular weight excluding hydrogens is 455 g/mol. The van der Waals surface area contributed by atoms with E-state index < -0.39 is 12.0 Å². The molecule has 29 heavy (non-hydrogen) atoms. The highest BCUT2D eigenvalue weighted by Crippen LogP contribution is 2.35. The van der Waals surface area contributed by atoms with Gasteiger partial charge in [0.1, 0.15) is 10.4 Å². The van der Waals surface area contributed by atoms with Crippen LogP contribution in [0.25, 0.3) is 6.08 Å². The molecule has 0 aromatic heterocycles. The van der Waals surface area contributed by atoms with Crippen LogP contribution in [0, 0.1) is 0 Å². The number of carboxylic acids is 1. The van der Waals surface area contributed by atoms with Crippen molar-refractivity contribution in [2.24, 2.45) is 0 Å². The van der Waals surface area contributed by atoms with Crippen molar-refractivity contribution in [1.82, 2.24) is 10.2 Å². The fraction of sp³-hybridized carbons (Fsp3) is 0.368. The predicted octanol–water partition coefficient (Wildman–Crippen LogP) is 4.34. The third-order valence-corrected chi connectivity index (χ3v) is 6.39. The summed E-state index contributed by atoms with van der Waals surface area (Å²) in [6, 6.07) is 4.30. The Morgan fingerprint density at radius 3 is 2.72 bits per heavy atom. The summed E-state index contributed by atoms with van der Waals surface area (Å²) in [6.07, 6.45) is 3.91. The summed E-state index contributed by atoms with van der Waals surface area (Å²) in [6.45, 7) is 1.87. The number of nitrogens with one attached hydrogen (secondary N) is 1. The molecule has 6 nitrogen and oxygen atoms in total. The first-order valence-corrected chi connectivity index (χ1v) is 10.9. The summed E-state index contributed by atoms with van der Waals surface area (Å²) in [5.41, 5.74) is 0.654. The number of unbranched alkanes of at least 4 members (excludes halogenated alkanes) is 2. The van der Waals surface area contributed by atoms with Gasteiger partial charge in [-0.25, -0.2) is 0 Å². The van der Waals surface area contributed by atoms with E-state index in [0.29, 0.717) is 50.6 Å². The number of thioether (sulfide) groups is 1. The molecule has 2 amide bonds. The molecule has 1 aliphatic rings. The number of benzene rings is 1. The van der Waals surface area contributed by atoms with Gasteiger partial charge >= 0.3 is 5.97 Å². The number of nitrogens with zero attached hydrogens (tertiary/aromatic N) is 1. The average molecular weight is 475 g/mol. The average Bonchev–Trinajstić information content (AvgIpc) is 2.92. The highest BCUT2D eigenvalue weighted by Gasteiger charge is 2.31. The molecule has 1 aromatic rings. The van der Waals surface area contributed by atoms with Gasteiger partial charge in [0.05, 0.1) is 15.0 Å². The van der Waals surface area contributed by atoms with E-state index in [9.17, 15) is 14.4 Å². The van der Waals surface area contributed by atoms with Gasteiger partial charge in [0, 0.05) is 13.0 Å². The van der Waals surface area contributed by atoms with E-state index in [-0.39, 0.29) is 18.2 Å². The largest absolute Gasteiger partial charge is 0.480 e. The molecule has 1 heterocycles. The van der Waals surface area contributed by atoms with Gasteiger partial charge in [-0.2, -0.15) is 0 Å². The topological polar surface area (TPSA) is 86.7 Å². The zero-order valence-electron chi connectivity index (χ0n) is 15.6. The Morgan fingerprint density at radius 2 is 2.03 bits per heavy atom. The van der Waals surface area contributed by atoms with E-state index in [1.807, 2.05) is 0 Å². The Balaban J connectivity index is 1.82. The maximum atomic E-state index is 12.6. The minimum atomic E-state index is -1.07. The Labute approximate surface area is 188 Å². The molecule has 0 saturated carbocycles. The number of rotatable bonds is 9. The van der Waals surface area contributed by atoms with Crippen LogP contribution in [0.15, 0.2) is 23.1 Å². The SMILES string of the molecule is CC(NC(=O)CCCCCN1C(=O)/C(=C/c2cccc(Cl)c2Cl)SC1=S)C(=O)O. The highest BCUT2D eigenvalue weighted by atomic mass is 35.5. The van der Waals surface area contributed by atoms with Crippen molar-refractivity contribution < 1.29 is 19.5 Å². The van der Waals surface area contributed by atoms with E-state index >= 15 is 0 Å². The second-order valence-corrected chi connectivity index (χ2v) is 8.88. The van der Waals surface area contributed by atoms with Gasteiger partial charge in [-0.05, 0) is 37.5 Å². The van der Waals surface area contributed by atoms with Crippen molar-refractivity contribution in [3.8, 4) is 0 Å². The number of aliphatic carboxylic acids is 1. The molecule has 1 saturated heterocycles. The van der Waals surface area contributed by atoms with Gasteiger partial charge in [0.2, 0.25) is 5.91 Å². The molecule has 1 aromatic carbocycles. The minimum absolute atomic E-state index is 0.177. The van der Waals surface area contributed by atoms with Crippen molar-refractivity contribution in [2.45, 2.75) is 38.6 Å². The Morgan fingerprint density at radius 1 is 1.31 bits per heavy atom. The molecule has 0 aliphatic carbocycles. The monoisotopic (exact) mass is 474 g/mol. The lowest BCUT2D eigenvalue weighted by molar-refractivity contribution is -0.141. The van der Waals surface area contributed by atoms with Crippen LogP contribution >= 0.6 is 47.2 Å². The summed E-state index contributed by atoms with van der Waals surface area (Å²) in [4.78, 5) is 37.0. The molecule has 0 bridgehead atoms. The van der Waals surface area contributed by atoms with Crippen LogP contribution in [-0.2, 0) is 14.4 Å². The first-order valence-electron chi connectivity index (χ1n) is 8.92. The molecule has 156 valence electrons. The Bertz CT molecular complexity index is 861. The number of carbonyl (C=O) groups excluding carboxylic acids is 2. The molecule has 1 aliphatic heterocycles. The van der Waals surface area contributed by atoms with Crippen molar-refractivity contribution in [1.29, 1.82) is 0 Å². The first-order chi connectivity index (χ1) is 13.7. The standard InChI is InChI=1S/C19H20Cl2N2O4S2/c1-11(18(26)27)22-15(24)8-3-2-4-9-23-17(25)14(29-19(23)28)10-12-6-5-7-13(20)16(12)21/h5-7,10-11H,2-4,8-9H2,1H3,(H,22,24)(H,26,27)/b14-10-. The number of carbonyl (C=O) groups is 3. The normalized spacial score (nSPS) is 16.4. The maximum Gasteiger partial charge on any atom is 0.325 e. The highest BCUT2D eigenvalue weighted by molar-refractivity contribution is 8.26. The molecular formula is C19H20Cl2N2O4S2. The smallest absolute Gasteiger partial charge is 0.325 e. The van der Waals surface area contributed by atoms with Crippen LogP contribution in [0.3, 0.4) is 0 Å². The molecule has 0 radical (unpaired) electrons. The fourth-order valence-electron chi connectivity index (χ4n) is 2.57. The minimum Gasteiger partial charge on any atom is -0.480 e. The van der Waals surface area contributed by atoms with E-state index in [1.165, 1.54) is 23.6 Å². The van der Waals surface area contributed by atoms with Crippen LogP contribution in [0.5, 0.6) is 0 Å². The van der Waals surface area contributed by atoms with Gasteiger partial charge in [0.25, 0.3) is 5.91 Å². The molecule has 1 unspecified atom stereocenters. The second-order valence-electron chi connectivity index (χ2n) is 6.41. The second kappa shape index (κ2) is 11.0. The predicted molar refractivity (Wildman–Crippen MR) is 120 cm³/mol. The van der Waals surface area contributed by atoms with Gasteiger partial charge in [-0.3, -0.25) is 19.3 Å². The van der Waals surface area contributed by atoms with Gasteiger partial charge in [-0.1, -0.05) is 65.7 Å². The lowest BCUT2D eigenvalue weighted by atomic mass is 10.1. The lowest BCUT2D eigenvalue weighted by Crippen LogP contribution is -2.38. The summed E-state index contributed by atoms with van der Waals surface area (Å²) >= 11 is 18.7. The molecule has 10 heteroatoms. The quantitative estimate of drug-likeness (QED) is 0.314. The van der Waals surface area contributed by atoms with Crippen molar-refractivity contribution in [2.75, 3.05) is 6.54 Å². The number of halogens is 2. The molecule has 2 rings (SSSR count). The molecule has 0 spiro atoms. The molecule has 1 atom stereocenters. The van der Waals surface area contributed by atoms with Crippen LogP contribution in [0.1, 0.15) is 38.2 Å². The number of thiocarbonyl (C=S) groups is 1. The van der Waals surface area contributed by atoms with Crippen LogP contribution < -0.4 is 5.32 Å². The third-order valence-electron chi connectivity index (χ3n) is 4.18. The summed E-state index contributed by atoms with van der Waals surface area (Å²) in [5, 5.41) is 12.0. The van der Waals surface area contributed by atoms with Crippen LogP contribution in [-0.4, -0.2) is 44.7 Å². The summed E-state index contributed by atoms with van der Waals surface area (Å²) in [7, 11) is 0. The maximum absolute atomic E-state index is 12.6. The van der Waals surface area contributed by atoms with Crippen LogP contribution in [0.4, 0.5) is 0 Å². The lowest BCUT2D eigenvalue weighted by Gasteiger charge is -2.14. The van der Waals surface area contributed by atoms with E-state index in [0.717, 1.165) is 0 Å². The van der Waals surface area contributed by atoms with Gasteiger partial charge in [0.15, 0.2) is 0 Å². The Kier molecular flexibility index (Phi) is 8.95. The van der Waals surface area contributed by atoms with Gasteiger partial charge < -0.3 is 10.4 Å². The van der Waals surface area contributed by atoms with E-state index in [1.54, 1.807) is 24.3 Å². The van der Waals surface area contributed by atoms with Crippen LogP contribution in [0.2, 0.25) is 10.0 Å². The van der Waals surface area contributed by atoms with E-state index in [2.05, 4.69) is 5.32 Å². The number of hydrogen-bond acceptors (Lipinski definition) is 5. The van der Waals surface area contributed by atoms with Crippen molar-refractivity contribution in [3.05, 3.63) is 38.7 Å². The number of amides is 2. The molecule has 1 fully saturated rings. The number of carboxylic acid groups (broad SMARTS) is 1. The third kappa shape index (κ3) is 6.70.